The van der Waals surface area contributed by atoms with Crippen molar-refractivity contribution in [1.29, 1.82) is 0 Å². The van der Waals surface area contributed by atoms with Crippen molar-refractivity contribution in [3.05, 3.63) is 58.3 Å². The molecule has 1 N–H and O–H groups in total. The van der Waals surface area contributed by atoms with Crippen molar-refractivity contribution in [2.75, 3.05) is 7.11 Å². The van der Waals surface area contributed by atoms with Crippen LogP contribution in [0.1, 0.15) is 22.8 Å². The molecule has 1 aromatic carbocycles. The molecule has 2 rings (SSSR count). The van der Waals surface area contributed by atoms with Crippen LogP contribution in [0.25, 0.3) is 0 Å². The first-order valence-electron chi connectivity index (χ1n) is 6.20. The third kappa shape index (κ3) is 4.13. The number of amides is 1. The number of carbonyl (C=O) groups is 1. The highest BCUT2D eigenvalue weighted by atomic mass is 79.9. The number of benzene rings is 1. The van der Waals surface area contributed by atoms with Crippen molar-refractivity contribution >= 4 is 27.5 Å². The van der Waals surface area contributed by atoms with E-state index < -0.39 is 0 Å². The molecular weight excluding hydrogens is 334 g/mol. The van der Waals surface area contributed by atoms with Gasteiger partial charge in [-0.3, -0.25) is 9.78 Å². The first-order valence-corrected chi connectivity index (χ1v) is 6.99. The Bertz CT molecular complexity index is 669. The third-order valence-corrected chi connectivity index (χ3v) is 3.23. The molecule has 2 aromatic rings. The summed E-state index contributed by atoms with van der Waals surface area (Å²) in [6, 6.07) is 9.12. The number of pyridine rings is 1. The van der Waals surface area contributed by atoms with Crippen LogP contribution >= 0.6 is 15.9 Å². The molecule has 21 heavy (non-hydrogen) atoms. The van der Waals surface area contributed by atoms with Gasteiger partial charge in [0.25, 0.3) is 5.91 Å². The lowest BCUT2D eigenvalue weighted by molar-refractivity contribution is 0.0954. The number of aromatic nitrogens is 1. The largest absolute Gasteiger partial charge is 0.497 e. The van der Waals surface area contributed by atoms with Crippen LogP contribution in [0.5, 0.6) is 5.75 Å². The molecule has 0 aliphatic rings. The Labute approximate surface area is 131 Å². The Hall–Kier alpha value is -2.21. The highest BCUT2D eigenvalue weighted by Gasteiger charge is 2.06. The molecule has 1 aromatic heterocycles. The summed E-state index contributed by atoms with van der Waals surface area (Å²) in [7, 11) is 1.61. The zero-order valence-electron chi connectivity index (χ0n) is 11.6. The molecule has 0 saturated carbocycles. The van der Waals surface area contributed by atoms with Gasteiger partial charge in [-0.15, -0.1) is 0 Å². The standard InChI is InChI=1S/C15H14BrN3O2/c1-10(11-3-5-14(21-2)6-4-11)18-19-15(20)12-7-13(16)9-17-8-12/h3-9H,1-2H3,(H,19,20). The molecule has 0 saturated heterocycles. The van der Waals surface area contributed by atoms with E-state index in [1.54, 1.807) is 19.4 Å². The van der Waals surface area contributed by atoms with Crippen LogP contribution in [0.4, 0.5) is 0 Å². The molecule has 1 heterocycles. The molecule has 0 fully saturated rings. The molecular formula is C15H14BrN3O2. The topological polar surface area (TPSA) is 63.6 Å². The van der Waals surface area contributed by atoms with Crippen LogP contribution in [0, 0.1) is 0 Å². The van der Waals surface area contributed by atoms with E-state index in [1.165, 1.54) is 6.20 Å². The molecule has 0 bridgehead atoms. The van der Waals surface area contributed by atoms with Gasteiger partial charge < -0.3 is 4.74 Å². The van der Waals surface area contributed by atoms with E-state index in [9.17, 15) is 4.79 Å². The lowest BCUT2D eigenvalue weighted by atomic mass is 10.1. The Morgan fingerprint density at radius 2 is 1.95 bits per heavy atom. The maximum Gasteiger partial charge on any atom is 0.272 e. The summed E-state index contributed by atoms with van der Waals surface area (Å²) in [6.07, 6.45) is 3.10. The minimum Gasteiger partial charge on any atom is -0.497 e. The van der Waals surface area contributed by atoms with Crippen LogP contribution in [0.3, 0.4) is 0 Å². The van der Waals surface area contributed by atoms with Crippen molar-refractivity contribution < 1.29 is 9.53 Å². The average Bonchev–Trinajstić information content (AvgIpc) is 2.52. The first kappa shape index (κ1) is 15.2. The van der Waals surface area contributed by atoms with Crippen LogP contribution in [-0.4, -0.2) is 23.7 Å². The van der Waals surface area contributed by atoms with Crippen LogP contribution in [-0.2, 0) is 0 Å². The molecule has 0 unspecified atom stereocenters. The van der Waals surface area contributed by atoms with Crippen LogP contribution < -0.4 is 10.2 Å². The molecule has 1 amide bonds. The fourth-order valence-electron chi connectivity index (χ4n) is 1.63. The van der Waals surface area contributed by atoms with Crippen molar-refractivity contribution in [1.82, 2.24) is 10.4 Å². The summed E-state index contributed by atoms with van der Waals surface area (Å²) in [4.78, 5) is 15.9. The number of nitrogens with one attached hydrogen (secondary N) is 1. The van der Waals surface area contributed by atoms with Gasteiger partial charge in [-0.2, -0.15) is 5.10 Å². The Morgan fingerprint density at radius 3 is 2.57 bits per heavy atom. The molecule has 0 aliphatic heterocycles. The lowest BCUT2D eigenvalue weighted by Crippen LogP contribution is -2.19. The molecule has 108 valence electrons. The fraction of sp³-hybridized carbons (Fsp3) is 0.133. The van der Waals surface area contributed by atoms with E-state index in [0.717, 1.165) is 15.8 Å². The molecule has 0 spiro atoms. The second kappa shape index (κ2) is 6.99. The first-order chi connectivity index (χ1) is 10.1. The number of hydrogen-bond acceptors (Lipinski definition) is 4. The normalized spacial score (nSPS) is 11.1. The van der Waals surface area contributed by atoms with Gasteiger partial charge in [-0.05, 0) is 58.7 Å². The number of hydrogen-bond donors (Lipinski definition) is 1. The SMILES string of the molecule is COc1ccc(C(C)=NNC(=O)c2cncc(Br)c2)cc1. The van der Waals surface area contributed by atoms with Gasteiger partial charge in [-0.1, -0.05) is 0 Å². The van der Waals surface area contributed by atoms with E-state index in [2.05, 4.69) is 31.4 Å². The number of halogens is 1. The summed E-state index contributed by atoms with van der Waals surface area (Å²) >= 11 is 3.27. The maximum atomic E-state index is 11.9. The minimum absolute atomic E-state index is 0.309. The second-order valence-corrected chi connectivity index (χ2v) is 5.17. The van der Waals surface area contributed by atoms with Gasteiger partial charge >= 0.3 is 0 Å². The van der Waals surface area contributed by atoms with Gasteiger partial charge in [0.15, 0.2) is 0 Å². The van der Waals surface area contributed by atoms with E-state index in [0.29, 0.717) is 11.3 Å². The predicted octanol–water partition coefficient (Wildman–Crippen LogP) is 3.01. The van der Waals surface area contributed by atoms with Crippen LogP contribution in [0.15, 0.2) is 52.3 Å². The highest BCUT2D eigenvalue weighted by Crippen LogP contribution is 2.12. The van der Waals surface area contributed by atoms with Crippen molar-refractivity contribution in [3.8, 4) is 5.75 Å². The summed E-state index contributed by atoms with van der Waals surface area (Å²) in [5.41, 5.74) is 4.56. The Kier molecular flexibility index (Phi) is 5.05. The summed E-state index contributed by atoms with van der Waals surface area (Å²) in [6.45, 7) is 1.82. The minimum atomic E-state index is -0.309. The van der Waals surface area contributed by atoms with E-state index in [4.69, 9.17) is 4.74 Å². The van der Waals surface area contributed by atoms with Crippen molar-refractivity contribution in [2.45, 2.75) is 6.92 Å². The van der Waals surface area contributed by atoms with Gasteiger partial charge in [-0.25, -0.2) is 5.43 Å². The molecule has 5 nitrogen and oxygen atoms in total. The summed E-state index contributed by atoms with van der Waals surface area (Å²) < 4.78 is 5.84. The van der Waals surface area contributed by atoms with E-state index in [1.807, 2.05) is 31.2 Å². The zero-order valence-corrected chi connectivity index (χ0v) is 13.2. The number of nitrogens with zero attached hydrogens (tertiary/aromatic N) is 2. The Balaban J connectivity index is 2.07. The maximum absolute atomic E-state index is 11.9. The number of methoxy groups -OCH3 is 1. The van der Waals surface area contributed by atoms with Gasteiger partial charge in [0, 0.05) is 16.9 Å². The molecule has 6 heteroatoms. The quantitative estimate of drug-likeness (QED) is 0.682. The number of ether oxygens (including phenoxy) is 1. The Morgan fingerprint density at radius 1 is 1.24 bits per heavy atom. The molecule has 0 atom stereocenters. The fourth-order valence-corrected chi connectivity index (χ4v) is 2.00. The number of rotatable bonds is 4. The predicted molar refractivity (Wildman–Crippen MR) is 84.6 cm³/mol. The van der Waals surface area contributed by atoms with Crippen molar-refractivity contribution in [3.63, 3.8) is 0 Å². The molecule has 0 radical (unpaired) electrons. The van der Waals surface area contributed by atoms with E-state index >= 15 is 0 Å². The summed E-state index contributed by atoms with van der Waals surface area (Å²) in [5.74, 6) is 0.465. The van der Waals surface area contributed by atoms with Gasteiger partial charge in [0.05, 0.1) is 18.4 Å². The highest BCUT2D eigenvalue weighted by molar-refractivity contribution is 9.10. The van der Waals surface area contributed by atoms with Crippen LogP contribution in [0.2, 0.25) is 0 Å². The average molecular weight is 348 g/mol. The van der Waals surface area contributed by atoms with Gasteiger partial charge in [0.2, 0.25) is 0 Å². The zero-order chi connectivity index (χ0) is 15.2. The summed E-state index contributed by atoms with van der Waals surface area (Å²) in [5, 5.41) is 4.09. The second-order valence-electron chi connectivity index (χ2n) is 4.26. The lowest BCUT2D eigenvalue weighted by Gasteiger charge is -2.04. The number of hydrazone groups is 1. The van der Waals surface area contributed by atoms with Crippen molar-refractivity contribution in [2.24, 2.45) is 5.10 Å². The third-order valence-electron chi connectivity index (χ3n) is 2.80. The smallest absolute Gasteiger partial charge is 0.272 e. The monoisotopic (exact) mass is 347 g/mol. The molecule has 0 aliphatic carbocycles. The van der Waals surface area contributed by atoms with Gasteiger partial charge in [0.1, 0.15) is 5.75 Å². The number of carbonyl (C=O) groups excluding carboxylic acids is 1. The van der Waals surface area contributed by atoms with E-state index in [-0.39, 0.29) is 5.91 Å².